The third-order valence-corrected chi connectivity index (χ3v) is 1.92. The number of rotatable bonds is 3. The molecule has 120 valence electrons. The van der Waals surface area contributed by atoms with Crippen LogP contribution in [0.15, 0.2) is 0 Å². The maximum atomic E-state index is 13.4. The van der Waals surface area contributed by atoms with Gasteiger partial charge in [-0.3, -0.25) is 0 Å². The van der Waals surface area contributed by atoms with Crippen molar-refractivity contribution in [2.75, 3.05) is 0 Å². The smallest absolute Gasteiger partial charge is 0.399 e. The van der Waals surface area contributed by atoms with E-state index in [0.29, 0.717) is 0 Å². The molecule has 1 rings (SSSR count). The van der Waals surface area contributed by atoms with Crippen LogP contribution in [0.2, 0.25) is 0 Å². The number of alkyl halides is 6. The molecule has 21 heavy (non-hydrogen) atoms. The highest BCUT2D eigenvalue weighted by molar-refractivity contribution is 5.43. The second-order valence-electron chi connectivity index (χ2n) is 3.33. The summed E-state index contributed by atoms with van der Waals surface area (Å²) in [6.07, 6.45) is -11.4. The number of halogens is 9. The molecule has 0 amide bonds. The average molecular weight is 330 g/mol. The van der Waals surface area contributed by atoms with Gasteiger partial charge in [0.15, 0.2) is 11.6 Å². The average Bonchev–Trinajstić information content (AvgIpc) is 2.29. The first-order valence-electron chi connectivity index (χ1n) is 4.69. The predicted octanol–water partition coefficient (Wildman–Crippen LogP) is 3.39. The van der Waals surface area contributed by atoms with Crippen molar-refractivity contribution >= 4 is 0 Å². The van der Waals surface area contributed by atoms with Crippen LogP contribution in [0.5, 0.6) is 11.5 Å². The molecule has 0 aliphatic heterocycles. The molecule has 1 aromatic carbocycles. The van der Waals surface area contributed by atoms with Gasteiger partial charge in [0.1, 0.15) is 0 Å². The van der Waals surface area contributed by atoms with Gasteiger partial charge in [-0.25, -0.2) is 8.78 Å². The highest BCUT2D eigenvalue weighted by Gasteiger charge is 2.40. The lowest BCUT2D eigenvalue weighted by atomic mass is 10.1. The summed E-state index contributed by atoms with van der Waals surface area (Å²) >= 11 is 0. The Labute approximate surface area is 109 Å². The molecule has 0 unspecified atom stereocenters. The van der Waals surface area contributed by atoms with Crippen LogP contribution in [0.3, 0.4) is 0 Å². The maximum Gasteiger partial charge on any atom is 0.573 e. The minimum absolute atomic E-state index is 1.67. The molecule has 1 aromatic rings. The normalized spacial score (nSPS) is 12.5. The number of benzene rings is 1. The first-order valence-corrected chi connectivity index (χ1v) is 4.69. The van der Waals surface area contributed by atoms with Gasteiger partial charge < -0.3 is 14.6 Å². The van der Waals surface area contributed by atoms with Gasteiger partial charge in [-0.05, 0) is 0 Å². The third-order valence-electron chi connectivity index (χ3n) is 1.92. The van der Waals surface area contributed by atoms with Crippen molar-refractivity contribution in [2.24, 2.45) is 0 Å². The van der Waals surface area contributed by atoms with Crippen molar-refractivity contribution in [1.82, 2.24) is 0 Å². The molecule has 0 bridgehead atoms. The molecule has 0 heterocycles. The molecular weight excluding hydrogens is 327 g/mol. The Kier molecular flexibility index (Phi) is 4.51. The van der Waals surface area contributed by atoms with E-state index in [1.165, 1.54) is 0 Å². The van der Waals surface area contributed by atoms with E-state index in [9.17, 15) is 39.5 Å². The predicted molar refractivity (Wildman–Crippen MR) is 45.6 cm³/mol. The van der Waals surface area contributed by atoms with E-state index in [2.05, 4.69) is 9.47 Å². The Morgan fingerprint density at radius 1 is 0.714 bits per heavy atom. The molecule has 0 radical (unpaired) electrons. The SMILES string of the molecule is OCc1c(F)c(OC(F)(F)F)c(F)c(OC(F)(F)F)c1F. The fourth-order valence-corrected chi connectivity index (χ4v) is 1.22. The molecule has 0 aliphatic rings. The lowest BCUT2D eigenvalue weighted by molar-refractivity contribution is -0.279. The molecule has 0 fully saturated rings. The second kappa shape index (κ2) is 5.50. The fraction of sp³-hybridized carbons (Fsp3) is 0.333. The Balaban J connectivity index is 3.54. The summed E-state index contributed by atoms with van der Waals surface area (Å²) in [6, 6.07) is 0. The zero-order valence-corrected chi connectivity index (χ0v) is 9.37. The molecule has 0 saturated carbocycles. The summed E-state index contributed by atoms with van der Waals surface area (Å²) in [5, 5.41) is 8.56. The van der Waals surface area contributed by atoms with Crippen LogP contribution in [-0.4, -0.2) is 17.8 Å². The van der Waals surface area contributed by atoms with Crippen LogP contribution in [0.25, 0.3) is 0 Å². The molecule has 0 spiro atoms. The van der Waals surface area contributed by atoms with E-state index in [-0.39, 0.29) is 0 Å². The zero-order valence-electron chi connectivity index (χ0n) is 9.37. The summed E-state index contributed by atoms with van der Waals surface area (Å²) in [5.41, 5.74) is -1.69. The standard InChI is InChI=1S/C9H3F9O3/c10-3-2(1-19)4(11)7(21-9(16,17)18)5(12)6(3)20-8(13,14)15/h19H,1H2. The van der Waals surface area contributed by atoms with Crippen molar-refractivity contribution in [3.63, 3.8) is 0 Å². The van der Waals surface area contributed by atoms with Gasteiger partial charge >= 0.3 is 12.7 Å². The van der Waals surface area contributed by atoms with Gasteiger partial charge in [-0.1, -0.05) is 0 Å². The zero-order chi connectivity index (χ0) is 16.6. The minimum Gasteiger partial charge on any atom is -0.399 e. The van der Waals surface area contributed by atoms with Gasteiger partial charge in [0.2, 0.25) is 17.3 Å². The number of hydrogen-bond donors (Lipinski definition) is 1. The van der Waals surface area contributed by atoms with Crippen LogP contribution >= 0.6 is 0 Å². The first-order chi connectivity index (χ1) is 9.37. The van der Waals surface area contributed by atoms with E-state index in [1.54, 1.807) is 0 Å². The van der Waals surface area contributed by atoms with E-state index >= 15 is 0 Å². The number of ether oxygens (including phenoxy) is 2. The van der Waals surface area contributed by atoms with E-state index in [0.717, 1.165) is 0 Å². The minimum atomic E-state index is -5.68. The Morgan fingerprint density at radius 3 is 1.29 bits per heavy atom. The highest BCUT2D eigenvalue weighted by Crippen LogP contribution is 2.40. The Bertz CT molecular complexity index is 492. The van der Waals surface area contributed by atoms with Gasteiger partial charge in [0.25, 0.3) is 0 Å². The van der Waals surface area contributed by atoms with Crippen LogP contribution in [-0.2, 0) is 6.61 Å². The molecule has 3 nitrogen and oxygen atoms in total. The first kappa shape index (κ1) is 17.2. The Morgan fingerprint density at radius 2 is 1.05 bits per heavy atom. The summed E-state index contributed by atoms with van der Waals surface area (Å²) in [6.45, 7) is -1.67. The molecule has 0 atom stereocenters. The maximum absolute atomic E-state index is 13.4. The Hall–Kier alpha value is -1.85. The van der Waals surface area contributed by atoms with Crippen molar-refractivity contribution in [2.45, 2.75) is 19.3 Å². The van der Waals surface area contributed by atoms with Gasteiger partial charge in [-0.2, -0.15) is 4.39 Å². The van der Waals surface area contributed by atoms with E-state index in [4.69, 9.17) is 5.11 Å². The third kappa shape index (κ3) is 4.06. The molecule has 0 aliphatic carbocycles. The number of aliphatic hydroxyl groups is 1. The van der Waals surface area contributed by atoms with Gasteiger partial charge in [0, 0.05) is 0 Å². The lowest BCUT2D eigenvalue weighted by Gasteiger charge is -2.17. The molecule has 1 N–H and O–H groups in total. The van der Waals surface area contributed by atoms with Crippen LogP contribution < -0.4 is 9.47 Å². The molecule has 0 aromatic heterocycles. The topological polar surface area (TPSA) is 38.7 Å². The monoisotopic (exact) mass is 330 g/mol. The summed E-state index contributed by atoms with van der Waals surface area (Å²) in [4.78, 5) is 0. The quantitative estimate of drug-likeness (QED) is 0.864. The number of hydrogen-bond acceptors (Lipinski definition) is 3. The van der Waals surface area contributed by atoms with Crippen LogP contribution in [0.4, 0.5) is 39.5 Å². The van der Waals surface area contributed by atoms with Crippen molar-refractivity contribution in [1.29, 1.82) is 0 Å². The van der Waals surface area contributed by atoms with E-state index < -0.39 is 53.8 Å². The van der Waals surface area contributed by atoms with Gasteiger partial charge in [-0.15, -0.1) is 26.3 Å². The molecule has 0 saturated heterocycles. The summed E-state index contributed by atoms with van der Waals surface area (Å²) < 4.78 is 117. The summed E-state index contributed by atoms with van der Waals surface area (Å²) in [5.74, 6) is -12.2. The summed E-state index contributed by atoms with van der Waals surface area (Å²) in [7, 11) is 0. The highest BCUT2D eigenvalue weighted by atomic mass is 19.4. The van der Waals surface area contributed by atoms with Crippen LogP contribution in [0.1, 0.15) is 5.56 Å². The lowest BCUT2D eigenvalue weighted by Crippen LogP contribution is -2.23. The molecule has 12 heteroatoms. The second-order valence-corrected chi connectivity index (χ2v) is 3.33. The van der Waals surface area contributed by atoms with Crippen LogP contribution in [0, 0.1) is 17.5 Å². The number of aliphatic hydroxyl groups excluding tert-OH is 1. The van der Waals surface area contributed by atoms with Gasteiger partial charge in [0.05, 0.1) is 12.2 Å². The fourth-order valence-electron chi connectivity index (χ4n) is 1.22. The largest absolute Gasteiger partial charge is 0.573 e. The van der Waals surface area contributed by atoms with Crippen molar-refractivity contribution < 1.29 is 54.1 Å². The van der Waals surface area contributed by atoms with Crippen molar-refractivity contribution in [3.05, 3.63) is 23.0 Å². The molecular formula is C9H3F9O3. The van der Waals surface area contributed by atoms with E-state index in [1.807, 2.05) is 0 Å². The van der Waals surface area contributed by atoms with Crippen molar-refractivity contribution in [3.8, 4) is 11.5 Å².